The van der Waals surface area contributed by atoms with Crippen LogP contribution in [0.5, 0.6) is 0 Å². The minimum atomic E-state index is -0.0643. The van der Waals surface area contributed by atoms with Crippen molar-refractivity contribution in [1.29, 1.82) is 0 Å². The third kappa shape index (κ3) is 1.92. The molecule has 4 rings (SSSR count). The fraction of sp³-hybridized carbons (Fsp3) is 0.375. The molecule has 0 radical (unpaired) electrons. The number of nitrogens with one attached hydrogen (secondary N) is 1. The highest BCUT2D eigenvalue weighted by Gasteiger charge is 2.49. The Morgan fingerprint density at radius 3 is 2.86 bits per heavy atom. The van der Waals surface area contributed by atoms with Gasteiger partial charge in [-0.05, 0) is 43.5 Å². The standard InChI is InChI=1S/C16H17ClN4O/c1-9(17)6-12-10(7-18)2-3-11-13(12)20-21-8-16(4-5-16)19-15(22)14(11)21/h6-7H,1-5,8,18H2,(H,19,22)/b10-7-,12-6+. The molecule has 0 unspecified atom stereocenters. The van der Waals surface area contributed by atoms with E-state index in [0.717, 1.165) is 54.6 Å². The van der Waals surface area contributed by atoms with E-state index in [-0.39, 0.29) is 11.4 Å². The van der Waals surface area contributed by atoms with Crippen molar-refractivity contribution in [2.45, 2.75) is 37.8 Å². The fourth-order valence-corrected chi connectivity index (χ4v) is 3.53. The molecular formula is C16H17ClN4O. The summed E-state index contributed by atoms with van der Waals surface area (Å²) in [5.41, 5.74) is 10.0. The minimum absolute atomic E-state index is 0.0123. The zero-order valence-corrected chi connectivity index (χ0v) is 12.9. The molecule has 2 heterocycles. The van der Waals surface area contributed by atoms with Gasteiger partial charge in [-0.1, -0.05) is 18.2 Å². The number of halogens is 1. The van der Waals surface area contributed by atoms with E-state index in [9.17, 15) is 4.79 Å². The molecule has 5 nitrogen and oxygen atoms in total. The molecule has 1 fully saturated rings. The number of carbonyl (C=O) groups is 1. The van der Waals surface area contributed by atoms with Crippen molar-refractivity contribution in [2.75, 3.05) is 0 Å². The van der Waals surface area contributed by atoms with Crippen molar-refractivity contribution < 1.29 is 4.79 Å². The molecule has 0 saturated heterocycles. The Hall–Kier alpha value is -2.01. The number of fused-ring (bicyclic) bond motifs is 3. The Morgan fingerprint density at radius 1 is 1.45 bits per heavy atom. The maximum atomic E-state index is 12.5. The molecule has 1 amide bonds. The molecule has 1 aromatic heterocycles. The summed E-state index contributed by atoms with van der Waals surface area (Å²) in [5.74, 6) is -0.0123. The first-order chi connectivity index (χ1) is 10.5. The molecule has 0 aromatic carbocycles. The largest absolute Gasteiger partial charge is 0.404 e. The van der Waals surface area contributed by atoms with Gasteiger partial charge in [-0.3, -0.25) is 9.48 Å². The molecule has 1 spiro atoms. The number of rotatable bonds is 1. The lowest BCUT2D eigenvalue weighted by atomic mass is 9.86. The van der Waals surface area contributed by atoms with Crippen LogP contribution in [0.15, 0.2) is 29.5 Å². The molecule has 22 heavy (non-hydrogen) atoms. The van der Waals surface area contributed by atoms with E-state index in [1.54, 1.807) is 12.3 Å². The minimum Gasteiger partial charge on any atom is -0.404 e. The van der Waals surface area contributed by atoms with Crippen LogP contribution in [-0.2, 0) is 13.0 Å². The van der Waals surface area contributed by atoms with Crippen LogP contribution in [0.3, 0.4) is 0 Å². The Balaban J connectivity index is 1.88. The summed E-state index contributed by atoms with van der Waals surface area (Å²) < 4.78 is 1.86. The molecule has 0 atom stereocenters. The number of hydrogen-bond acceptors (Lipinski definition) is 3. The monoisotopic (exact) mass is 316 g/mol. The summed E-state index contributed by atoms with van der Waals surface area (Å²) in [6, 6.07) is 0. The van der Waals surface area contributed by atoms with Gasteiger partial charge in [0.15, 0.2) is 0 Å². The van der Waals surface area contributed by atoms with E-state index in [2.05, 4.69) is 11.9 Å². The summed E-state index contributed by atoms with van der Waals surface area (Å²) in [5, 5.41) is 8.27. The van der Waals surface area contributed by atoms with E-state index in [1.165, 1.54) is 0 Å². The predicted molar refractivity (Wildman–Crippen MR) is 85.2 cm³/mol. The Labute approximate surface area is 133 Å². The lowest BCUT2D eigenvalue weighted by Crippen LogP contribution is -2.46. The van der Waals surface area contributed by atoms with Gasteiger partial charge in [-0.25, -0.2) is 0 Å². The van der Waals surface area contributed by atoms with Gasteiger partial charge in [-0.2, -0.15) is 5.10 Å². The van der Waals surface area contributed by atoms with Crippen LogP contribution >= 0.6 is 11.6 Å². The zero-order valence-electron chi connectivity index (χ0n) is 12.2. The SMILES string of the molecule is C=C(Cl)/C=C1\C(=C/N)CCc2c1nn1c2C(=O)NC2(CC2)C1. The van der Waals surface area contributed by atoms with Gasteiger partial charge in [0, 0.05) is 16.2 Å². The molecular weight excluding hydrogens is 300 g/mol. The average molecular weight is 317 g/mol. The van der Waals surface area contributed by atoms with Crippen LogP contribution in [0.1, 0.15) is 41.0 Å². The quantitative estimate of drug-likeness (QED) is 0.833. The van der Waals surface area contributed by atoms with Gasteiger partial charge in [-0.15, -0.1) is 0 Å². The molecule has 0 bridgehead atoms. The molecule has 1 aromatic rings. The number of allylic oxidation sites excluding steroid dienone is 4. The van der Waals surface area contributed by atoms with Gasteiger partial charge >= 0.3 is 0 Å². The average Bonchev–Trinajstić information content (AvgIpc) is 3.07. The van der Waals surface area contributed by atoms with Crippen LogP contribution in [0.2, 0.25) is 0 Å². The van der Waals surface area contributed by atoms with E-state index < -0.39 is 0 Å². The molecule has 3 aliphatic rings. The van der Waals surface area contributed by atoms with Crippen LogP contribution in [0.4, 0.5) is 0 Å². The first-order valence-corrected chi connectivity index (χ1v) is 7.81. The first kappa shape index (κ1) is 13.6. The first-order valence-electron chi connectivity index (χ1n) is 7.43. The highest BCUT2D eigenvalue weighted by molar-refractivity contribution is 6.31. The van der Waals surface area contributed by atoms with E-state index in [1.807, 2.05) is 4.68 Å². The highest BCUT2D eigenvalue weighted by Crippen LogP contribution is 2.43. The third-order valence-corrected chi connectivity index (χ3v) is 4.81. The second kappa shape index (κ2) is 4.49. The van der Waals surface area contributed by atoms with Crippen molar-refractivity contribution in [2.24, 2.45) is 5.73 Å². The topological polar surface area (TPSA) is 72.9 Å². The second-order valence-electron chi connectivity index (χ2n) is 6.26. The van der Waals surface area contributed by atoms with E-state index in [4.69, 9.17) is 22.4 Å². The van der Waals surface area contributed by atoms with E-state index in [0.29, 0.717) is 10.7 Å². The predicted octanol–water partition coefficient (Wildman–Crippen LogP) is 2.08. The maximum absolute atomic E-state index is 12.5. The van der Waals surface area contributed by atoms with Crippen molar-refractivity contribution >= 4 is 23.1 Å². The van der Waals surface area contributed by atoms with Crippen molar-refractivity contribution in [3.63, 3.8) is 0 Å². The van der Waals surface area contributed by atoms with Gasteiger partial charge in [0.05, 0.1) is 17.8 Å². The molecule has 3 N–H and O–H groups in total. The van der Waals surface area contributed by atoms with Gasteiger partial charge < -0.3 is 11.1 Å². The Morgan fingerprint density at radius 2 is 2.23 bits per heavy atom. The summed E-state index contributed by atoms with van der Waals surface area (Å²) in [4.78, 5) is 12.5. The smallest absolute Gasteiger partial charge is 0.270 e. The number of nitrogens with two attached hydrogens (primary N) is 1. The second-order valence-corrected chi connectivity index (χ2v) is 6.75. The molecule has 1 saturated carbocycles. The van der Waals surface area contributed by atoms with Crippen LogP contribution in [0.25, 0.3) is 5.57 Å². The molecule has 2 aliphatic carbocycles. The van der Waals surface area contributed by atoms with Crippen LogP contribution in [0, 0.1) is 0 Å². The summed E-state index contributed by atoms with van der Waals surface area (Å²) in [6.45, 7) is 4.48. The van der Waals surface area contributed by atoms with Crippen molar-refractivity contribution in [1.82, 2.24) is 15.1 Å². The molecule has 6 heteroatoms. The lowest BCUT2D eigenvalue weighted by Gasteiger charge is -2.25. The number of hydrogen-bond donors (Lipinski definition) is 2. The fourth-order valence-electron chi connectivity index (χ4n) is 3.42. The van der Waals surface area contributed by atoms with E-state index >= 15 is 0 Å². The molecule has 1 aliphatic heterocycles. The highest BCUT2D eigenvalue weighted by atomic mass is 35.5. The zero-order chi connectivity index (χ0) is 15.5. The van der Waals surface area contributed by atoms with Gasteiger partial charge in [0.25, 0.3) is 5.91 Å². The Kier molecular flexibility index (Phi) is 2.78. The number of amides is 1. The number of aromatic nitrogens is 2. The summed E-state index contributed by atoms with van der Waals surface area (Å²) in [6.07, 6.45) is 6.96. The van der Waals surface area contributed by atoms with Crippen LogP contribution in [-0.4, -0.2) is 21.2 Å². The summed E-state index contributed by atoms with van der Waals surface area (Å²) in [7, 11) is 0. The Bertz CT molecular complexity index is 767. The van der Waals surface area contributed by atoms with Gasteiger partial charge in [0.2, 0.25) is 0 Å². The molecule has 114 valence electrons. The van der Waals surface area contributed by atoms with Crippen LogP contribution < -0.4 is 11.1 Å². The number of nitrogens with zero attached hydrogens (tertiary/aromatic N) is 2. The third-order valence-electron chi connectivity index (χ3n) is 4.70. The maximum Gasteiger partial charge on any atom is 0.270 e. The normalized spacial score (nSPS) is 25.0. The summed E-state index contributed by atoms with van der Waals surface area (Å²) >= 11 is 5.96. The lowest BCUT2D eigenvalue weighted by molar-refractivity contribution is 0.0885. The number of carbonyl (C=O) groups excluding carboxylic acids is 1. The van der Waals surface area contributed by atoms with Crippen molar-refractivity contribution in [3.8, 4) is 0 Å². The van der Waals surface area contributed by atoms with Crippen molar-refractivity contribution in [3.05, 3.63) is 46.4 Å². The van der Waals surface area contributed by atoms with Gasteiger partial charge in [0.1, 0.15) is 5.69 Å².